The third-order valence-electron chi connectivity index (χ3n) is 2.59. The number of rotatable bonds is 5. The van der Waals surface area contributed by atoms with Gasteiger partial charge in [0.1, 0.15) is 0 Å². The molecule has 0 fully saturated rings. The first kappa shape index (κ1) is 16.6. The van der Waals surface area contributed by atoms with Crippen LogP contribution in [0, 0.1) is 0 Å². The van der Waals surface area contributed by atoms with Crippen molar-refractivity contribution >= 4 is 43.0 Å². The van der Waals surface area contributed by atoms with E-state index in [2.05, 4.69) is 9.44 Å². The maximum Gasteiger partial charge on any atom is 0.261 e. The SMILES string of the molecule is CS(=O)(=O)Nc1ccccc1NS(=O)(=O)c1ccc(Cl)cc1. The summed E-state index contributed by atoms with van der Waals surface area (Å²) in [4.78, 5) is 0.0195. The van der Waals surface area contributed by atoms with Gasteiger partial charge in [-0.25, -0.2) is 16.8 Å². The molecule has 9 heteroatoms. The first-order valence-corrected chi connectivity index (χ1v) is 9.78. The largest absolute Gasteiger partial charge is 0.282 e. The highest BCUT2D eigenvalue weighted by Crippen LogP contribution is 2.25. The van der Waals surface area contributed by atoms with Crippen LogP contribution in [-0.2, 0) is 20.0 Å². The summed E-state index contributed by atoms with van der Waals surface area (Å²) in [6, 6.07) is 11.7. The Hall–Kier alpha value is -1.77. The Bertz CT molecular complexity index is 879. The van der Waals surface area contributed by atoms with Crippen LogP contribution in [0.4, 0.5) is 11.4 Å². The Labute approximate surface area is 134 Å². The predicted octanol–water partition coefficient (Wildman–Crippen LogP) is 2.51. The van der Waals surface area contributed by atoms with Crippen molar-refractivity contribution in [3.05, 3.63) is 53.6 Å². The molecule has 0 aromatic heterocycles. The molecule has 6 nitrogen and oxygen atoms in total. The lowest BCUT2D eigenvalue weighted by Crippen LogP contribution is -2.16. The van der Waals surface area contributed by atoms with Gasteiger partial charge in [-0.15, -0.1) is 0 Å². The molecule has 118 valence electrons. The molecule has 0 aliphatic carbocycles. The molecule has 0 saturated carbocycles. The minimum absolute atomic E-state index is 0.0195. The first-order valence-electron chi connectivity index (χ1n) is 6.02. The summed E-state index contributed by atoms with van der Waals surface area (Å²) >= 11 is 5.73. The van der Waals surface area contributed by atoms with Crippen molar-refractivity contribution in [3.8, 4) is 0 Å². The lowest BCUT2D eigenvalue weighted by molar-refractivity contribution is 0.600. The summed E-state index contributed by atoms with van der Waals surface area (Å²) in [7, 11) is -7.38. The fourth-order valence-corrected chi connectivity index (χ4v) is 3.46. The van der Waals surface area contributed by atoms with Gasteiger partial charge in [-0.1, -0.05) is 23.7 Å². The molecule has 0 heterocycles. The summed E-state index contributed by atoms with van der Waals surface area (Å²) in [5, 5.41) is 0.415. The molecule has 0 saturated heterocycles. The number of hydrogen-bond acceptors (Lipinski definition) is 4. The van der Waals surface area contributed by atoms with Gasteiger partial charge in [0.25, 0.3) is 10.0 Å². The Morgan fingerprint density at radius 2 is 1.32 bits per heavy atom. The van der Waals surface area contributed by atoms with Gasteiger partial charge in [0.15, 0.2) is 0 Å². The van der Waals surface area contributed by atoms with Gasteiger partial charge >= 0.3 is 0 Å². The molecule has 0 bridgehead atoms. The minimum Gasteiger partial charge on any atom is -0.282 e. The van der Waals surface area contributed by atoms with Crippen molar-refractivity contribution in [1.82, 2.24) is 0 Å². The van der Waals surface area contributed by atoms with E-state index in [1.165, 1.54) is 36.4 Å². The topological polar surface area (TPSA) is 92.3 Å². The van der Waals surface area contributed by atoms with E-state index in [4.69, 9.17) is 11.6 Å². The van der Waals surface area contributed by atoms with Crippen LogP contribution in [-0.4, -0.2) is 23.1 Å². The third-order valence-corrected chi connectivity index (χ3v) is 4.81. The van der Waals surface area contributed by atoms with Crippen molar-refractivity contribution < 1.29 is 16.8 Å². The van der Waals surface area contributed by atoms with Gasteiger partial charge in [-0.2, -0.15) is 0 Å². The van der Waals surface area contributed by atoms with Crippen LogP contribution < -0.4 is 9.44 Å². The highest BCUT2D eigenvalue weighted by atomic mass is 35.5. The van der Waals surface area contributed by atoms with Crippen LogP contribution in [0.1, 0.15) is 0 Å². The summed E-state index contributed by atoms with van der Waals surface area (Å²) in [6.45, 7) is 0. The summed E-state index contributed by atoms with van der Waals surface area (Å²) < 4.78 is 51.8. The minimum atomic E-state index is -3.85. The Morgan fingerprint density at radius 3 is 1.82 bits per heavy atom. The number of sulfonamides is 2. The van der Waals surface area contributed by atoms with Gasteiger partial charge in [0, 0.05) is 5.02 Å². The van der Waals surface area contributed by atoms with Gasteiger partial charge in [0.05, 0.1) is 22.5 Å². The molecule has 2 N–H and O–H groups in total. The monoisotopic (exact) mass is 360 g/mol. The fourth-order valence-electron chi connectivity index (χ4n) is 1.68. The molecule has 2 aromatic carbocycles. The van der Waals surface area contributed by atoms with E-state index in [1.54, 1.807) is 12.1 Å². The number of benzene rings is 2. The lowest BCUT2D eigenvalue weighted by Gasteiger charge is -2.13. The molecule has 0 aliphatic rings. The molecule has 0 atom stereocenters. The molecule has 0 spiro atoms. The molecule has 22 heavy (non-hydrogen) atoms. The van der Waals surface area contributed by atoms with Crippen molar-refractivity contribution in [2.45, 2.75) is 4.90 Å². The van der Waals surface area contributed by atoms with Crippen LogP contribution >= 0.6 is 11.6 Å². The highest BCUT2D eigenvalue weighted by Gasteiger charge is 2.16. The van der Waals surface area contributed by atoms with Gasteiger partial charge in [0.2, 0.25) is 10.0 Å². The second-order valence-electron chi connectivity index (χ2n) is 4.48. The van der Waals surface area contributed by atoms with Crippen LogP contribution in [0.5, 0.6) is 0 Å². The zero-order valence-electron chi connectivity index (χ0n) is 11.4. The Morgan fingerprint density at radius 1 is 0.818 bits per heavy atom. The number of halogens is 1. The van der Waals surface area contributed by atoms with E-state index in [0.29, 0.717) is 5.02 Å². The van der Waals surface area contributed by atoms with Crippen LogP contribution in [0.3, 0.4) is 0 Å². The smallest absolute Gasteiger partial charge is 0.261 e. The predicted molar refractivity (Wildman–Crippen MR) is 87.2 cm³/mol. The van der Waals surface area contributed by atoms with Crippen molar-refractivity contribution in [2.75, 3.05) is 15.7 Å². The molecule has 0 aliphatic heterocycles. The van der Waals surface area contributed by atoms with E-state index in [-0.39, 0.29) is 16.3 Å². The van der Waals surface area contributed by atoms with Crippen LogP contribution in [0.2, 0.25) is 5.02 Å². The summed E-state index contributed by atoms with van der Waals surface area (Å²) in [5.74, 6) is 0. The summed E-state index contributed by atoms with van der Waals surface area (Å²) in [5.41, 5.74) is 0.269. The van der Waals surface area contributed by atoms with Crippen molar-refractivity contribution in [3.63, 3.8) is 0 Å². The normalized spacial score (nSPS) is 11.9. The molecule has 0 amide bonds. The second-order valence-corrected chi connectivity index (χ2v) is 8.35. The Balaban J connectivity index is 2.36. The first-order chi connectivity index (χ1) is 10.2. The number of para-hydroxylation sites is 2. The zero-order chi connectivity index (χ0) is 16.4. The maximum absolute atomic E-state index is 12.3. The van der Waals surface area contributed by atoms with Crippen molar-refractivity contribution in [1.29, 1.82) is 0 Å². The molecular formula is C13H13ClN2O4S2. The molecule has 2 rings (SSSR count). The van der Waals surface area contributed by atoms with E-state index in [0.717, 1.165) is 6.26 Å². The Kier molecular flexibility index (Phi) is 4.64. The van der Waals surface area contributed by atoms with E-state index < -0.39 is 20.0 Å². The van der Waals surface area contributed by atoms with Gasteiger partial charge in [-0.05, 0) is 36.4 Å². The third kappa shape index (κ3) is 4.36. The fraction of sp³-hybridized carbons (Fsp3) is 0.0769. The maximum atomic E-state index is 12.3. The van der Waals surface area contributed by atoms with Crippen LogP contribution in [0.25, 0.3) is 0 Å². The number of anilines is 2. The van der Waals surface area contributed by atoms with Crippen LogP contribution in [0.15, 0.2) is 53.4 Å². The van der Waals surface area contributed by atoms with E-state index in [9.17, 15) is 16.8 Å². The quantitative estimate of drug-likeness (QED) is 0.856. The van der Waals surface area contributed by atoms with Gasteiger partial charge in [-0.3, -0.25) is 9.44 Å². The number of hydrogen-bond donors (Lipinski definition) is 2. The van der Waals surface area contributed by atoms with Gasteiger partial charge < -0.3 is 0 Å². The average Bonchev–Trinajstić information content (AvgIpc) is 2.39. The summed E-state index contributed by atoms with van der Waals surface area (Å²) in [6.07, 6.45) is 0.984. The second kappa shape index (κ2) is 6.15. The van der Waals surface area contributed by atoms with E-state index >= 15 is 0 Å². The average molecular weight is 361 g/mol. The molecular weight excluding hydrogens is 348 g/mol. The molecule has 0 unspecified atom stereocenters. The zero-order valence-corrected chi connectivity index (χ0v) is 13.8. The lowest BCUT2D eigenvalue weighted by atomic mass is 10.3. The van der Waals surface area contributed by atoms with Crippen molar-refractivity contribution in [2.24, 2.45) is 0 Å². The number of nitrogens with one attached hydrogen (secondary N) is 2. The molecule has 0 radical (unpaired) electrons. The van der Waals surface area contributed by atoms with E-state index in [1.807, 2.05) is 0 Å². The standard InChI is InChI=1S/C13H13ClN2O4S2/c1-21(17,18)15-12-4-2-3-5-13(12)16-22(19,20)11-8-6-10(14)7-9-11/h2-9,15-16H,1H3. The molecule has 2 aromatic rings. The highest BCUT2D eigenvalue weighted by molar-refractivity contribution is 7.93.